The number of piperidine rings is 1. The number of carbonyl (C=O) groups is 1. The summed E-state index contributed by atoms with van der Waals surface area (Å²) in [5, 5.41) is 2.97. The van der Waals surface area contributed by atoms with Gasteiger partial charge in [0.2, 0.25) is 15.9 Å². The van der Waals surface area contributed by atoms with E-state index in [1.165, 1.54) is 21.0 Å². The van der Waals surface area contributed by atoms with Crippen LogP contribution in [0.2, 0.25) is 0 Å². The molecule has 32 heavy (non-hydrogen) atoms. The van der Waals surface area contributed by atoms with Crippen LogP contribution in [0.5, 0.6) is 0 Å². The van der Waals surface area contributed by atoms with Gasteiger partial charge in [0.25, 0.3) is 0 Å². The molecule has 0 saturated carbocycles. The van der Waals surface area contributed by atoms with Crippen molar-refractivity contribution in [3.63, 3.8) is 0 Å². The molecule has 1 unspecified atom stereocenters. The first-order valence-electron chi connectivity index (χ1n) is 11.0. The largest absolute Gasteiger partial charge is 0.419 e. The minimum Gasteiger partial charge on any atom is -0.408 e. The SMILES string of the molecule is Cn1c(=O)oc2cc(S(=O)(=O)N3CCCC(C(=O)NCCCN4CCOCC4)C3)ccc21. The Kier molecular flexibility index (Phi) is 6.99. The highest BCUT2D eigenvalue weighted by atomic mass is 32.2. The highest BCUT2D eigenvalue weighted by Crippen LogP contribution is 2.26. The fourth-order valence-corrected chi connectivity index (χ4v) is 5.82. The predicted octanol–water partition coefficient (Wildman–Crippen LogP) is 0.371. The number of rotatable bonds is 7. The minimum absolute atomic E-state index is 0.0610. The molecule has 0 spiro atoms. The smallest absolute Gasteiger partial charge is 0.408 e. The standard InChI is InChI=1S/C21H30N4O6S/c1-23-18-6-5-17(14-19(18)31-21(23)27)32(28,29)25-9-2-4-16(15-25)20(26)22-7-3-8-24-10-12-30-13-11-24/h5-6,14,16H,2-4,7-13,15H2,1H3,(H,22,26). The van der Waals surface area contributed by atoms with Crippen molar-refractivity contribution in [3.8, 4) is 0 Å². The first-order chi connectivity index (χ1) is 15.4. The zero-order chi connectivity index (χ0) is 22.7. The number of hydrogen-bond donors (Lipinski definition) is 1. The third kappa shape index (κ3) is 4.90. The topological polar surface area (TPSA) is 114 Å². The Morgan fingerprint density at radius 3 is 2.78 bits per heavy atom. The number of oxazole rings is 1. The molecule has 2 aromatic rings. The number of nitrogens with one attached hydrogen (secondary N) is 1. The van der Waals surface area contributed by atoms with Crippen LogP contribution in [-0.2, 0) is 26.6 Å². The van der Waals surface area contributed by atoms with Crippen molar-refractivity contribution in [1.82, 2.24) is 19.1 Å². The van der Waals surface area contributed by atoms with E-state index in [-0.39, 0.29) is 28.8 Å². The number of morpholine rings is 1. The van der Waals surface area contributed by atoms with Crippen LogP contribution in [0.3, 0.4) is 0 Å². The maximum atomic E-state index is 13.2. The molecule has 176 valence electrons. The summed E-state index contributed by atoms with van der Waals surface area (Å²) in [6, 6.07) is 4.42. The molecule has 11 heteroatoms. The van der Waals surface area contributed by atoms with E-state index >= 15 is 0 Å². The van der Waals surface area contributed by atoms with Crippen LogP contribution >= 0.6 is 0 Å². The number of ether oxygens (including phenoxy) is 1. The van der Waals surface area contributed by atoms with Gasteiger partial charge in [0, 0.05) is 45.8 Å². The monoisotopic (exact) mass is 466 g/mol. The van der Waals surface area contributed by atoms with Crippen molar-refractivity contribution in [2.45, 2.75) is 24.2 Å². The predicted molar refractivity (Wildman–Crippen MR) is 118 cm³/mol. The van der Waals surface area contributed by atoms with Crippen LogP contribution in [0, 0.1) is 5.92 Å². The number of sulfonamides is 1. The molecule has 0 radical (unpaired) electrons. The molecule has 1 N–H and O–H groups in total. The van der Waals surface area contributed by atoms with E-state index in [4.69, 9.17) is 9.15 Å². The molecule has 3 heterocycles. The Balaban J connectivity index is 1.35. The first kappa shape index (κ1) is 23.0. The Hall–Kier alpha value is -2.21. The summed E-state index contributed by atoms with van der Waals surface area (Å²) in [6.45, 7) is 5.33. The summed E-state index contributed by atoms with van der Waals surface area (Å²) < 4.78 is 39.5. The first-order valence-corrected chi connectivity index (χ1v) is 12.5. The van der Waals surface area contributed by atoms with Crippen LogP contribution in [0.4, 0.5) is 0 Å². The zero-order valence-electron chi connectivity index (χ0n) is 18.3. The van der Waals surface area contributed by atoms with Gasteiger partial charge in [-0.1, -0.05) is 0 Å². The highest BCUT2D eigenvalue weighted by molar-refractivity contribution is 7.89. The van der Waals surface area contributed by atoms with Gasteiger partial charge in [0.15, 0.2) is 5.58 Å². The molecular formula is C21H30N4O6S. The van der Waals surface area contributed by atoms with Crippen LogP contribution in [0.1, 0.15) is 19.3 Å². The molecule has 2 aliphatic heterocycles. The summed E-state index contributed by atoms with van der Waals surface area (Å²) >= 11 is 0. The van der Waals surface area contributed by atoms with Gasteiger partial charge < -0.3 is 14.5 Å². The number of aryl methyl sites for hydroxylation is 1. The molecule has 1 atom stereocenters. The van der Waals surface area contributed by atoms with Crippen LogP contribution < -0.4 is 11.1 Å². The molecule has 0 bridgehead atoms. The maximum absolute atomic E-state index is 13.2. The fourth-order valence-electron chi connectivity index (χ4n) is 4.28. The van der Waals surface area contributed by atoms with Gasteiger partial charge in [-0.2, -0.15) is 4.31 Å². The van der Waals surface area contributed by atoms with Gasteiger partial charge in [0.05, 0.1) is 29.5 Å². The number of benzene rings is 1. The molecule has 10 nitrogen and oxygen atoms in total. The molecular weight excluding hydrogens is 436 g/mol. The lowest BCUT2D eigenvalue weighted by Gasteiger charge is -2.31. The molecule has 2 saturated heterocycles. The third-order valence-corrected chi connectivity index (χ3v) is 8.07. The maximum Gasteiger partial charge on any atom is 0.419 e. The Bertz CT molecular complexity index is 1120. The van der Waals surface area contributed by atoms with Gasteiger partial charge in [-0.15, -0.1) is 0 Å². The molecule has 2 fully saturated rings. The van der Waals surface area contributed by atoms with Gasteiger partial charge in [0.1, 0.15) is 0 Å². The lowest BCUT2D eigenvalue weighted by molar-refractivity contribution is -0.126. The Morgan fingerprint density at radius 2 is 2.00 bits per heavy atom. The molecule has 4 rings (SSSR count). The molecule has 1 aromatic carbocycles. The van der Waals surface area contributed by atoms with Crippen molar-refractivity contribution >= 4 is 27.0 Å². The second-order valence-corrected chi connectivity index (χ2v) is 10.3. The highest BCUT2D eigenvalue weighted by Gasteiger charge is 2.33. The number of nitrogens with zero attached hydrogens (tertiary/aromatic N) is 3. The van der Waals surface area contributed by atoms with E-state index in [9.17, 15) is 18.0 Å². The van der Waals surface area contributed by atoms with Gasteiger partial charge in [-0.25, -0.2) is 13.2 Å². The normalized spacial score (nSPS) is 21.1. The Morgan fingerprint density at radius 1 is 1.22 bits per heavy atom. The summed E-state index contributed by atoms with van der Waals surface area (Å²) in [6.07, 6.45) is 2.13. The van der Waals surface area contributed by atoms with E-state index in [0.29, 0.717) is 31.4 Å². The molecule has 2 aliphatic rings. The van der Waals surface area contributed by atoms with E-state index < -0.39 is 15.8 Å². The van der Waals surface area contributed by atoms with Gasteiger partial charge in [-0.3, -0.25) is 14.3 Å². The molecule has 1 amide bonds. The quantitative estimate of drug-likeness (QED) is 0.587. The van der Waals surface area contributed by atoms with Gasteiger partial charge in [-0.05, 0) is 37.9 Å². The summed E-state index contributed by atoms with van der Waals surface area (Å²) in [4.78, 5) is 26.7. The summed E-state index contributed by atoms with van der Waals surface area (Å²) in [5.41, 5.74) is 0.757. The number of fused-ring (bicyclic) bond motifs is 1. The molecule has 0 aliphatic carbocycles. The third-order valence-electron chi connectivity index (χ3n) is 6.21. The Labute approximate surface area is 187 Å². The van der Waals surface area contributed by atoms with Crippen LogP contribution in [0.15, 0.2) is 32.3 Å². The van der Waals surface area contributed by atoms with Crippen molar-refractivity contribution in [2.24, 2.45) is 13.0 Å². The van der Waals surface area contributed by atoms with E-state index in [1.54, 1.807) is 13.1 Å². The zero-order valence-corrected chi connectivity index (χ0v) is 19.1. The summed E-state index contributed by atoms with van der Waals surface area (Å²) in [7, 11) is -2.23. The number of aromatic nitrogens is 1. The van der Waals surface area contributed by atoms with Gasteiger partial charge >= 0.3 is 5.76 Å². The van der Waals surface area contributed by atoms with E-state index in [1.807, 2.05) is 0 Å². The van der Waals surface area contributed by atoms with Crippen molar-refractivity contribution in [3.05, 3.63) is 28.7 Å². The van der Waals surface area contributed by atoms with Crippen LogP contribution in [-0.4, -0.2) is 80.6 Å². The van der Waals surface area contributed by atoms with Crippen molar-refractivity contribution < 1.29 is 22.4 Å². The minimum atomic E-state index is -3.80. The second-order valence-electron chi connectivity index (χ2n) is 8.36. The average Bonchev–Trinajstić information content (AvgIpc) is 3.10. The average molecular weight is 467 g/mol. The van der Waals surface area contributed by atoms with E-state index in [0.717, 1.165) is 39.3 Å². The second kappa shape index (κ2) is 9.74. The van der Waals surface area contributed by atoms with Crippen molar-refractivity contribution in [2.75, 3.05) is 52.5 Å². The lowest BCUT2D eigenvalue weighted by atomic mass is 9.99. The fraction of sp³-hybridized carbons (Fsp3) is 0.619. The lowest BCUT2D eigenvalue weighted by Crippen LogP contribution is -2.45. The number of amides is 1. The van der Waals surface area contributed by atoms with Crippen LogP contribution in [0.25, 0.3) is 11.1 Å². The van der Waals surface area contributed by atoms with Crippen molar-refractivity contribution in [1.29, 1.82) is 0 Å². The summed E-state index contributed by atoms with van der Waals surface area (Å²) in [5.74, 6) is -1.02. The van der Waals surface area contributed by atoms with E-state index in [2.05, 4.69) is 10.2 Å². The molecule has 1 aromatic heterocycles. The number of hydrogen-bond acceptors (Lipinski definition) is 7. The number of carbonyl (C=O) groups excluding carboxylic acids is 1.